The quantitative estimate of drug-likeness (QED) is 0.897. The molecule has 0 spiro atoms. The van der Waals surface area contributed by atoms with Gasteiger partial charge in [-0.2, -0.15) is 18.3 Å². The highest BCUT2D eigenvalue weighted by Crippen LogP contribution is 2.35. The SMILES string of the molecule is CCn1ncc(Br)c1C(O)C(F)(F)F. The molecule has 0 bridgehead atoms. The highest BCUT2D eigenvalue weighted by molar-refractivity contribution is 9.10. The van der Waals surface area contributed by atoms with Gasteiger partial charge >= 0.3 is 6.18 Å². The highest BCUT2D eigenvalue weighted by Gasteiger charge is 2.42. The van der Waals surface area contributed by atoms with Crippen molar-refractivity contribution in [2.45, 2.75) is 25.7 Å². The predicted octanol–water partition coefficient (Wildman–Crippen LogP) is 2.26. The van der Waals surface area contributed by atoms with Gasteiger partial charge in [-0.05, 0) is 22.9 Å². The van der Waals surface area contributed by atoms with Crippen molar-refractivity contribution in [1.29, 1.82) is 0 Å². The third-order valence-corrected chi connectivity index (χ3v) is 2.31. The number of aryl methyl sites for hydroxylation is 1. The highest BCUT2D eigenvalue weighted by atomic mass is 79.9. The number of hydrogen-bond donors (Lipinski definition) is 1. The molecule has 0 aromatic carbocycles. The first-order valence-electron chi connectivity index (χ1n) is 3.84. The second-order valence-corrected chi connectivity index (χ2v) is 3.49. The second-order valence-electron chi connectivity index (χ2n) is 2.64. The Labute approximate surface area is 86.7 Å². The van der Waals surface area contributed by atoms with Gasteiger partial charge in [-0.1, -0.05) is 0 Å². The molecule has 0 aliphatic carbocycles. The molecule has 0 fully saturated rings. The molecule has 0 amide bonds. The molecule has 1 unspecified atom stereocenters. The molecule has 0 radical (unpaired) electrons. The van der Waals surface area contributed by atoms with E-state index < -0.39 is 12.3 Å². The molecule has 7 heteroatoms. The fourth-order valence-electron chi connectivity index (χ4n) is 1.05. The van der Waals surface area contributed by atoms with E-state index >= 15 is 0 Å². The number of alkyl halides is 3. The fourth-order valence-corrected chi connectivity index (χ4v) is 1.56. The van der Waals surface area contributed by atoms with Crippen LogP contribution in [0.15, 0.2) is 10.7 Å². The van der Waals surface area contributed by atoms with Crippen LogP contribution in [0.5, 0.6) is 0 Å². The summed E-state index contributed by atoms with van der Waals surface area (Å²) < 4.78 is 37.8. The van der Waals surface area contributed by atoms with Crippen molar-refractivity contribution in [2.24, 2.45) is 0 Å². The van der Waals surface area contributed by atoms with E-state index in [9.17, 15) is 13.2 Å². The number of aliphatic hydroxyl groups excluding tert-OH is 1. The molecule has 1 aromatic heterocycles. The summed E-state index contributed by atoms with van der Waals surface area (Å²) in [7, 11) is 0. The number of aliphatic hydroxyl groups is 1. The number of hydrogen-bond acceptors (Lipinski definition) is 2. The monoisotopic (exact) mass is 272 g/mol. The lowest BCUT2D eigenvalue weighted by Gasteiger charge is -2.16. The zero-order valence-electron chi connectivity index (χ0n) is 7.22. The molecule has 80 valence electrons. The standard InChI is InChI=1S/C7H8BrF3N2O/c1-2-13-5(4(8)3-12-13)6(14)7(9,10)11/h3,6,14H,2H2,1H3. The molecule has 0 aliphatic rings. The zero-order valence-corrected chi connectivity index (χ0v) is 8.80. The van der Waals surface area contributed by atoms with Crippen LogP contribution in [-0.2, 0) is 6.54 Å². The Morgan fingerprint density at radius 1 is 1.64 bits per heavy atom. The molecule has 1 atom stereocenters. The Morgan fingerprint density at radius 2 is 2.21 bits per heavy atom. The van der Waals surface area contributed by atoms with Crippen molar-refractivity contribution in [3.05, 3.63) is 16.4 Å². The third-order valence-electron chi connectivity index (χ3n) is 1.70. The van der Waals surface area contributed by atoms with E-state index in [1.54, 1.807) is 6.92 Å². The minimum Gasteiger partial charge on any atom is -0.378 e. The van der Waals surface area contributed by atoms with E-state index in [1.165, 1.54) is 6.20 Å². The van der Waals surface area contributed by atoms with E-state index in [4.69, 9.17) is 5.11 Å². The Hall–Kier alpha value is -0.560. The first-order valence-corrected chi connectivity index (χ1v) is 4.63. The fraction of sp³-hybridized carbons (Fsp3) is 0.571. The van der Waals surface area contributed by atoms with Crippen LogP contribution in [0.3, 0.4) is 0 Å². The van der Waals surface area contributed by atoms with Crippen LogP contribution in [-0.4, -0.2) is 21.1 Å². The summed E-state index contributed by atoms with van der Waals surface area (Å²) in [5, 5.41) is 12.7. The van der Waals surface area contributed by atoms with Crippen molar-refractivity contribution in [2.75, 3.05) is 0 Å². The van der Waals surface area contributed by atoms with Crippen LogP contribution < -0.4 is 0 Å². The first-order chi connectivity index (χ1) is 6.38. The number of aromatic nitrogens is 2. The summed E-state index contributed by atoms with van der Waals surface area (Å²) in [4.78, 5) is 0. The molecular weight excluding hydrogens is 265 g/mol. The zero-order chi connectivity index (χ0) is 10.9. The Kier molecular flexibility index (Phi) is 3.20. The first kappa shape index (κ1) is 11.5. The lowest BCUT2D eigenvalue weighted by Crippen LogP contribution is -2.23. The molecule has 1 N–H and O–H groups in total. The average Bonchev–Trinajstić information content (AvgIpc) is 2.43. The third kappa shape index (κ3) is 2.09. The van der Waals surface area contributed by atoms with E-state index in [1.807, 2.05) is 0 Å². The van der Waals surface area contributed by atoms with Gasteiger partial charge in [0.05, 0.1) is 16.4 Å². The molecule has 1 rings (SSSR count). The van der Waals surface area contributed by atoms with Gasteiger partial charge in [0.1, 0.15) is 0 Å². The van der Waals surface area contributed by atoms with Crippen molar-refractivity contribution < 1.29 is 18.3 Å². The molecule has 14 heavy (non-hydrogen) atoms. The van der Waals surface area contributed by atoms with E-state index in [0.717, 1.165) is 4.68 Å². The van der Waals surface area contributed by atoms with Gasteiger partial charge < -0.3 is 5.11 Å². The van der Waals surface area contributed by atoms with Crippen LogP contribution in [0, 0.1) is 0 Å². The molecule has 1 aromatic rings. The minimum atomic E-state index is -4.67. The van der Waals surface area contributed by atoms with Crippen molar-refractivity contribution in [1.82, 2.24) is 9.78 Å². The van der Waals surface area contributed by atoms with Crippen molar-refractivity contribution in [3.8, 4) is 0 Å². The topological polar surface area (TPSA) is 38.0 Å². The summed E-state index contributed by atoms with van der Waals surface area (Å²) in [6, 6.07) is 0. The van der Waals surface area contributed by atoms with Gasteiger partial charge in [0.25, 0.3) is 0 Å². The number of nitrogens with zero attached hydrogens (tertiary/aromatic N) is 2. The summed E-state index contributed by atoms with van der Waals surface area (Å²) in [6.07, 6.45) is -5.94. The summed E-state index contributed by atoms with van der Waals surface area (Å²) in [6.45, 7) is 1.92. The molecule has 3 nitrogen and oxygen atoms in total. The van der Waals surface area contributed by atoms with Crippen molar-refractivity contribution >= 4 is 15.9 Å². The van der Waals surface area contributed by atoms with E-state index in [-0.39, 0.29) is 16.7 Å². The van der Waals surface area contributed by atoms with Crippen LogP contribution in [0.2, 0.25) is 0 Å². The van der Waals surface area contributed by atoms with Crippen LogP contribution in [0.25, 0.3) is 0 Å². The molecule has 1 heterocycles. The molecule has 0 saturated carbocycles. The van der Waals surface area contributed by atoms with Gasteiger partial charge in [0, 0.05) is 6.54 Å². The minimum absolute atomic E-state index is 0.157. The van der Waals surface area contributed by atoms with Gasteiger partial charge in [-0.25, -0.2) is 0 Å². The van der Waals surface area contributed by atoms with Crippen LogP contribution in [0.1, 0.15) is 18.7 Å². The predicted molar refractivity (Wildman–Crippen MR) is 46.6 cm³/mol. The Balaban J connectivity index is 3.11. The van der Waals surface area contributed by atoms with Crippen LogP contribution >= 0.6 is 15.9 Å². The maximum absolute atomic E-state index is 12.2. The Bertz CT molecular complexity index is 323. The summed E-state index contributed by atoms with van der Waals surface area (Å²) in [5.74, 6) is 0. The molecular formula is C7H8BrF3N2O. The average molecular weight is 273 g/mol. The van der Waals surface area contributed by atoms with Crippen LogP contribution in [0.4, 0.5) is 13.2 Å². The lowest BCUT2D eigenvalue weighted by atomic mass is 10.2. The summed E-state index contributed by atoms with van der Waals surface area (Å²) in [5.41, 5.74) is -0.264. The summed E-state index contributed by atoms with van der Waals surface area (Å²) >= 11 is 2.91. The largest absolute Gasteiger partial charge is 0.420 e. The number of rotatable bonds is 2. The van der Waals surface area contributed by atoms with E-state index in [0.29, 0.717) is 0 Å². The molecule has 0 aliphatic heterocycles. The van der Waals surface area contributed by atoms with Gasteiger partial charge in [0.15, 0.2) is 6.10 Å². The maximum Gasteiger partial charge on any atom is 0.420 e. The lowest BCUT2D eigenvalue weighted by molar-refractivity contribution is -0.209. The Morgan fingerprint density at radius 3 is 2.64 bits per heavy atom. The van der Waals surface area contributed by atoms with E-state index in [2.05, 4.69) is 21.0 Å². The van der Waals surface area contributed by atoms with Gasteiger partial charge in [-0.3, -0.25) is 4.68 Å². The maximum atomic E-state index is 12.2. The smallest absolute Gasteiger partial charge is 0.378 e. The normalized spacial score (nSPS) is 14.4. The number of halogens is 4. The van der Waals surface area contributed by atoms with Crippen molar-refractivity contribution in [3.63, 3.8) is 0 Å². The molecule has 0 saturated heterocycles. The van der Waals surface area contributed by atoms with Gasteiger partial charge in [-0.15, -0.1) is 0 Å². The van der Waals surface area contributed by atoms with Gasteiger partial charge in [0.2, 0.25) is 0 Å². The second kappa shape index (κ2) is 3.90.